The van der Waals surface area contributed by atoms with Gasteiger partial charge in [-0.05, 0) is 75.3 Å². The summed E-state index contributed by atoms with van der Waals surface area (Å²) in [4.78, 5) is 2.32. The summed E-state index contributed by atoms with van der Waals surface area (Å²) in [5.41, 5.74) is 14.1. The molecule has 0 spiro atoms. The minimum absolute atomic E-state index is 0.849. The Labute approximate surface area is 292 Å². The van der Waals surface area contributed by atoms with Gasteiger partial charge >= 0.3 is 0 Å². The second-order valence-electron chi connectivity index (χ2n) is 12.5. The van der Waals surface area contributed by atoms with Gasteiger partial charge in [-0.25, -0.2) is 0 Å². The van der Waals surface area contributed by atoms with Crippen LogP contribution in [0.25, 0.3) is 66.4 Å². The first kappa shape index (κ1) is 29.5. The monoisotopic (exact) mass is 639 g/mol. The van der Waals surface area contributed by atoms with Crippen LogP contribution in [0, 0.1) is 0 Å². The number of nitrogens with zero attached hydrogens (tertiary/aromatic N) is 1. The molecule has 1 aromatic heterocycles. The molecular formula is C48H33NO. The fraction of sp³-hybridized carbons (Fsp3) is 0. The Morgan fingerprint density at radius 2 is 0.720 bits per heavy atom. The fourth-order valence-corrected chi connectivity index (χ4v) is 7.06. The van der Waals surface area contributed by atoms with Crippen LogP contribution in [0.1, 0.15) is 0 Å². The number of furan rings is 1. The van der Waals surface area contributed by atoms with E-state index in [4.69, 9.17) is 4.42 Å². The lowest BCUT2D eigenvalue weighted by Gasteiger charge is -2.26. The van der Waals surface area contributed by atoms with Crippen LogP contribution < -0.4 is 4.90 Å². The predicted octanol–water partition coefficient (Wildman–Crippen LogP) is 13.7. The van der Waals surface area contributed by atoms with Crippen molar-refractivity contribution in [2.24, 2.45) is 0 Å². The smallest absolute Gasteiger partial charge is 0.159 e. The van der Waals surface area contributed by atoms with E-state index < -0.39 is 0 Å². The molecule has 2 heteroatoms. The molecule has 9 aromatic rings. The van der Waals surface area contributed by atoms with Gasteiger partial charge < -0.3 is 9.32 Å². The molecule has 0 radical (unpaired) electrons. The van der Waals surface area contributed by atoms with Crippen LogP contribution in [-0.2, 0) is 0 Å². The van der Waals surface area contributed by atoms with E-state index in [2.05, 4.69) is 205 Å². The Bertz CT molecular complexity index is 2450. The first-order chi connectivity index (χ1) is 24.8. The van der Waals surface area contributed by atoms with Gasteiger partial charge in [0.1, 0.15) is 5.58 Å². The number of anilines is 3. The molecule has 50 heavy (non-hydrogen) atoms. The summed E-state index contributed by atoms with van der Waals surface area (Å²) >= 11 is 0. The van der Waals surface area contributed by atoms with E-state index in [1.54, 1.807) is 0 Å². The van der Waals surface area contributed by atoms with Gasteiger partial charge in [0.15, 0.2) is 5.58 Å². The van der Waals surface area contributed by atoms with Gasteiger partial charge in [-0.2, -0.15) is 0 Å². The van der Waals surface area contributed by atoms with Crippen LogP contribution >= 0.6 is 0 Å². The summed E-state index contributed by atoms with van der Waals surface area (Å²) in [7, 11) is 0. The van der Waals surface area contributed by atoms with Crippen molar-refractivity contribution in [3.05, 3.63) is 200 Å². The summed E-state index contributed by atoms with van der Waals surface area (Å²) in [6.45, 7) is 0. The number of benzene rings is 8. The number of fused-ring (bicyclic) bond motifs is 3. The van der Waals surface area contributed by atoms with Crippen molar-refractivity contribution in [3.8, 4) is 44.5 Å². The van der Waals surface area contributed by atoms with E-state index in [0.717, 1.165) is 61.3 Å². The summed E-state index contributed by atoms with van der Waals surface area (Å²) < 4.78 is 7.10. The number of hydrogen-bond acceptors (Lipinski definition) is 2. The second-order valence-corrected chi connectivity index (χ2v) is 12.5. The first-order valence-corrected chi connectivity index (χ1v) is 17.0. The maximum Gasteiger partial charge on any atom is 0.159 e. The van der Waals surface area contributed by atoms with Gasteiger partial charge in [0, 0.05) is 27.7 Å². The van der Waals surface area contributed by atoms with Gasteiger partial charge in [-0.3, -0.25) is 0 Å². The molecule has 9 rings (SSSR count). The molecule has 0 unspecified atom stereocenters. The van der Waals surface area contributed by atoms with Crippen LogP contribution in [-0.4, -0.2) is 0 Å². The third-order valence-electron chi connectivity index (χ3n) is 9.50. The van der Waals surface area contributed by atoms with Gasteiger partial charge in [0.05, 0.1) is 5.69 Å². The first-order valence-electron chi connectivity index (χ1n) is 17.0. The largest absolute Gasteiger partial charge is 0.453 e. The molecule has 0 N–H and O–H groups in total. The molecule has 0 fully saturated rings. The summed E-state index contributed by atoms with van der Waals surface area (Å²) in [5.74, 6) is 0. The number of para-hydroxylation sites is 1. The van der Waals surface area contributed by atoms with E-state index in [1.165, 1.54) is 22.3 Å². The zero-order valence-electron chi connectivity index (χ0n) is 27.4. The Morgan fingerprint density at radius 3 is 1.22 bits per heavy atom. The van der Waals surface area contributed by atoms with E-state index in [9.17, 15) is 0 Å². The molecule has 1 heterocycles. The maximum atomic E-state index is 7.10. The van der Waals surface area contributed by atoms with E-state index in [0.29, 0.717) is 0 Å². The molecule has 0 aliphatic rings. The van der Waals surface area contributed by atoms with Crippen molar-refractivity contribution in [2.45, 2.75) is 0 Å². The highest BCUT2D eigenvalue weighted by atomic mass is 16.3. The Morgan fingerprint density at radius 1 is 0.300 bits per heavy atom. The highest BCUT2D eigenvalue weighted by Crippen LogP contribution is 2.47. The van der Waals surface area contributed by atoms with E-state index in [-0.39, 0.29) is 0 Å². The average molecular weight is 640 g/mol. The molecule has 0 bridgehead atoms. The Kier molecular flexibility index (Phi) is 7.53. The van der Waals surface area contributed by atoms with E-state index >= 15 is 0 Å². The molecule has 0 saturated carbocycles. The lowest BCUT2D eigenvalue weighted by atomic mass is 9.94. The van der Waals surface area contributed by atoms with Crippen LogP contribution in [0.15, 0.2) is 205 Å². The van der Waals surface area contributed by atoms with Crippen LogP contribution in [0.3, 0.4) is 0 Å². The topological polar surface area (TPSA) is 16.4 Å². The normalized spacial score (nSPS) is 11.2. The number of rotatable bonds is 7. The molecule has 236 valence electrons. The SMILES string of the molecule is c1ccc(-c2ccc(N(c3ccc(-c4ccccc4)cc3)c3cccc4c3oc3c(-c5ccccc5)ccc(-c5ccccc5)c34)cc2)cc1. The van der Waals surface area contributed by atoms with Gasteiger partial charge in [-0.1, -0.05) is 164 Å². The van der Waals surface area contributed by atoms with Crippen molar-refractivity contribution in [3.63, 3.8) is 0 Å². The molecule has 0 atom stereocenters. The molecule has 8 aromatic carbocycles. The summed E-state index contributed by atoms with van der Waals surface area (Å²) in [5, 5.41) is 2.20. The zero-order chi connectivity index (χ0) is 33.3. The van der Waals surface area contributed by atoms with Crippen molar-refractivity contribution in [1.82, 2.24) is 0 Å². The molecule has 0 aliphatic heterocycles. The molecule has 0 saturated heterocycles. The average Bonchev–Trinajstić information content (AvgIpc) is 3.60. The lowest BCUT2D eigenvalue weighted by Crippen LogP contribution is -2.10. The minimum atomic E-state index is 0.849. The highest BCUT2D eigenvalue weighted by molar-refractivity contribution is 6.19. The maximum absolute atomic E-state index is 7.10. The van der Waals surface area contributed by atoms with Gasteiger partial charge in [-0.15, -0.1) is 0 Å². The summed E-state index contributed by atoms with van der Waals surface area (Å²) in [6.07, 6.45) is 0. The summed E-state index contributed by atoms with van der Waals surface area (Å²) in [6, 6.07) is 70.8. The van der Waals surface area contributed by atoms with Gasteiger partial charge in [0.2, 0.25) is 0 Å². The zero-order valence-corrected chi connectivity index (χ0v) is 27.4. The molecule has 0 amide bonds. The van der Waals surface area contributed by atoms with Crippen LogP contribution in [0.2, 0.25) is 0 Å². The molecular weight excluding hydrogens is 607 g/mol. The standard InChI is InChI=1S/C48H33NO/c1-5-14-34(15-6-1)36-24-28-40(29-25-36)49(41-30-26-37(27-31-41)35-16-7-2-8-17-35)45-23-13-22-44-46-42(38-18-9-3-10-19-38)32-33-43(48(46)50-47(44)45)39-20-11-4-12-21-39/h1-33H. The number of hydrogen-bond donors (Lipinski definition) is 0. The lowest BCUT2D eigenvalue weighted by molar-refractivity contribution is 0.670. The predicted molar refractivity (Wildman–Crippen MR) is 210 cm³/mol. The van der Waals surface area contributed by atoms with Crippen LogP contribution in [0.4, 0.5) is 17.1 Å². The van der Waals surface area contributed by atoms with E-state index in [1.807, 2.05) is 0 Å². The third-order valence-corrected chi connectivity index (χ3v) is 9.50. The molecule has 0 aliphatic carbocycles. The van der Waals surface area contributed by atoms with Gasteiger partial charge in [0.25, 0.3) is 0 Å². The Balaban J connectivity index is 1.27. The van der Waals surface area contributed by atoms with Crippen molar-refractivity contribution in [2.75, 3.05) is 4.90 Å². The van der Waals surface area contributed by atoms with Crippen LogP contribution in [0.5, 0.6) is 0 Å². The Hall–Kier alpha value is -6.64. The quantitative estimate of drug-likeness (QED) is 0.173. The minimum Gasteiger partial charge on any atom is -0.453 e. The van der Waals surface area contributed by atoms with Crippen molar-refractivity contribution in [1.29, 1.82) is 0 Å². The highest BCUT2D eigenvalue weighted by Gasteiger charge is 2.23. The third kappa shape index (κ3) is 5.34. The molecule has 2 nitrogen and oxygen atoms in total. The second kappa shape index (κ2) is 12.8. The van der Waals surface area contributed by atoms with Crippen molar-refractivity contribution < 1.29 is 4.42 Å². The van der Waals surface area contributed by atoms with Crippen molar-refractivity contribution >= 4 is 39.0 Å². The fourth-order valence-electron chi connectivity index (χ4n) is 7.06.